The highest BCUT2D eigenvalue weighted by Gasteiger charge is 2.18. The first kappa shape index (κ1) is 9.43. The molecule has 0 rings (SSSR count). The summed E-state index contributed by atoms with van der Waals surface area (Å²) in [4.78, 5) is 1.93. The summed E-state index contributed by atoms with van der Waals surface area (Å²) in [6, 6.07) is 0. The summed E-state index contributed by atoms with van der Waals surface area (Å²) >= 11 is 0. The Hall–Kier alpha value is -0.570. The van der Waals surface area contributed by atoms with Gasteiger partial charge in [0.25, 0.3) is 5.96 Å². The van der Waals surface area contributed by atoms with Crippen molar-refractivity contribution in [3.8, 4) is 0 Å². The van der Waals surface area contributed by atoms with E-state index in [-0.39, 0.29) is 0 Å². The van der Waals surface area contributed by atoms with Gasteiger partial charge >= 0.3 is 0 Å². The summed E-state index contributed by atoms with van der Waals surface area (Å²) in [7, 11) is 7.92. The molecule has 0 aromatic carbocycles. The largest absolute Gasteiger partial charge is 0.315 e. The van der Waals surface area contributed by atoms with E-state index in [2.05, 4.69) is 0 Å². The Morgan fingerprint density at radius 1 is 1.40 bits per heavy atom. The van der Waals surface area contributed by atoms with Gasteiger partial charge in [0.2, 0.25) is 0 Å². The molecule has 0 fully saturated rings. The molecule has 0 aromatic heterocycles. The Morgan fingerprint density at radius 2 is 1.80 bits per heavy atom. The van der Waals surface area contributed by atoms with E-state index in [1.807, 2.05) is 40.0 Å². The molecule has 0 heterocycles. The fourth-order valence-corrected chi connectivity index (χ4v) is 0.662. The standard InChI is InChI=1S/C7H18N3/c1-6-9(2)7(8)10(3,4)5/h8H,6H2,1-5H3/q+1. The first-order valence-electron chi connectivity index (χ1n) is 3.51. The topological polar surface area (TPSA) is 27.1 Å². The van der Waals surface area contributed by atoms with E-state index in [0.717, 1.165) is 6.54 Å². The molecule has 10 heavy (non-hydrogen) atoms. The summed E-state index contributed by atoms with van der Waals surface area (Å²) < 4.78 is 0.588. The van der Waals surface area contributed by atoms with E-state index in [9.17, 15) is 0 Å². The molecule has 0 bridgehead atoms. The molecule has 0 saturated heterocycles. The first-order chi connectivity index (χ1) is 4.39. The fraction of sp³-hybridized carbons (Fsp3) is 0.857. The average Bonchev–Trinajstić information content (AvgIpc) is 1.83. The molecule has 3 nitrogen and oxygen atoms in total. The SMILES string of the molecule is CCN(C)C(=N)[N+](C)(C)C. The molecule has 0 aliphatic rings. The minimum absolute atomic E-state index is 0.588. The van der Waals surface area contributed by atoms with Crippen molar-refractivity contribution in [1.82, 2.24) is 4.90 Å². The lowest BCUT2D eigenvalue weighted by molar-refractivity contribution is -0.783. The van der Waals surface area contributed by atoms with Crippen LogP contribution in [-0.2, 0) is 0 Å². The summed E-state index contributed by atoms with van der Waals surface area (Å²) in [5.41, 5.74) is 0. The van der Waals surface area contributed by atoms with Crippen LogP contribution in [0.5, 0.6) is 0 Å². The van der Waals surface area contributed by atoms with Gasteiger partial charge in [-0.1, -0.05) is 0 Å². The average molecular weight is 144 g/mol. The number of nitrogens with one attached hydrogen (secondary N) is 1. The van der Waals surface area contributed by atoms with Crippen LogP contribution < -0.4 is 0 Å². The molecule has 0 aliphatic carbocycles. The second kappa shape index (κ2) is 3.01. The van der Waals surface area contributed by atoms with Crippen molar-refractivity contribution in [2.24, 2.45) is 0 Å². The maximum absolute atomic E-state index is 7.64. The molecule has 1 N–H and O–H groups in total. The minimum Gasteiger partial charge on any atom is -0.315 e. The van der Waals surface area contributed by atoms with Crippen LogP contribution >= 0.6 is 0 Å². The van der Waals surface area contributed by atoms with Crippen LogP contribution in [0.4, 0.5) is 0 Å². The monoisotopic (exact) mass is 144 g/mol. The van der Waals surface area contributed by atoms with Gasteiger partial charge < -0.3 is 4.90 Å². The smallest absolute Gasteiger partial charge is 0.296 e. The quantitative estimate of drug-likeness (QED) is 0.325. The molecule has 0 aromatic rings. The van der Waals surface area contributed by atoms with E-state index in [4.69, 9.17) is 5.41 Å². The van der Waals surface area contributed by atoms with E-state index in [0.29, 0.717) is 10.4 Å². The van der Waals surface area contributed by atoms with Crippen molar-refractivity contribution in [2.45, 2.75) is 6.92 Å². The third kappa shape index (κ3) is 2.35. The molecule has 0 spiro atoms. The predicted octanol–water partition coefficient (Wildman–Crippen LogP) is 0.579. The zero-order valence-electron chi connectivity index (χ0n) is 7.60. The molecule has 0 amide bonds. The van der Waals surface area contributed by atoms with Crippen LogP contribution in [0.1, 0.15) is 6.92 Å². The molecule has 0 saturated carbocycles. The van der Waals surface area contributed by atoms with Gasteiger partial charge in [0, 0.05) is 13.6 Å². The molecule has 0 aliphatic heterocycles. The third-order valence-electron chi connectivity index (χ3n) is 1.47. The highest BCUT2D eigenvalue weighted by molar-refractivity contribution is 5.68. The highest BCUT2D eigenvalue weighted by Crippen LogP contribution is 1.96. The molecular weight excluding hydrogens is 126 g/mol. The van der Waals surface area contributed by atoms with Crippen LogP contribution in [0.25, 0.3) is 0 Å². The summed E-state index contributed by atoms with van der Waals surface area (Å²) in [5.74, 6) is 0.641. The van der Waals surface area contributed by atoms with Crippen molar-refractivity contribution in [2.75, 3.05) is 34.7 Å². The lowest BCUT2D eigenvalue weighted by atomic mass is 10.5. The summed E-state index contributed by atoms with van der Waals surface area (Å²) in [6.07, 6.45) is 0. The van der Waals surface area contributed by atoms with Crippen LogP contribution in [0.15, 0.2) is 0 Å². The van der Waals surface area contributed by atoms with Crippen molar-refractivity contribution in [1.29, 1.82) is 5.41 Å². The number of nitrogens with zero attached hydrogens (tertiary/aromatic N) is 2. The van der Waals surface area contributed by atoms with Gasteiger partial charge in [-0.3, -0.25) is 4.48 Å². The fourth-order valence-electron chi connectivity index (χ4n) is 0.662. The molecule has 0 radical (unpaired) electrons. The van der Waals surface area contributed by atoms with Crippen molar-refractivity contribution < 1.29 is 4.48 Å². The van der Waals surface area contributed by atoms with Gasteiger partial charge in [-0.05, 0) is 6.92 Å². The molecule has 0 atom stereocenters. The Kier molecular flexibility index (Phi) is 2.84. The Labute approximate surface area is 63.3 Å². The lowest BCUT2D eigenvalue weighted by Crippen LogP contribution is -2.49. The molecule has 3 heteroatoms. The zero-order valence-corrected chi connectivity index (χ0v) is 7.60. The second-order valence-electron chi connectivity index (χ2n) is 3.35. The maximum atomic E-state index is 7.64. The second-order valence-corrected chi connectivity index (χ2v) is 3.35. The van der Waals surface area contributed by atoms with Crippen molar-refractivity contribution in [3.05, 3.63) is 0 Å². The Balaban J connectivity index is 4.09. The Bertz CT molecular complexity index is 123. The summed E-state index contributed by atoms with van der Waals surface area (Å²) in [5, 5.41) is 7.64. The zero-order chi connectivity index (χ0) is 8.36. The first-order valence-corrected chi connectivity index (χ1v) is 3.51. The van der Waals surface area contributed by atoms with Gasteiger partial charge in [-0.2, -0.15) is 0 Å². The molecular formula is C7H18N3+. The number of hydrogen-bond acceptors (Lipinski definition) is 1. The number of quaternary nitrogens is 1. The highest BCUT2D eigenvalue weighted by atomic mass is 15.4. The maximum Gasteiger partial charge on any atom is 0.296 e. The number of rotatable bonds is 1. The number of hydrogen-bond donors (Lipinski definition) is 1. The predicted molar refractivity (Wildman–Crippen MR) is 44.1 cm³/mol. The molecule has 60 valence electrons. The minimum atomic E-state index is 0.588. The van der Waals surface area contributed by atoms with E-state index in [1.54, 1.807) is 0 Å². The van der Waals surface area contributed by atoms with Crippen molar-refractivity contribution >= 4 is 5.96 Å². The lowest BCUT2D eigenvalue weighted by Gasteiger charge is -2.28. The van der Waals surface area contributed by atoms with Gasteiger partial charge in [-0.25, -0.2) is 5.41 Å². The summed E-state index contributed by atoms with van der Waals surface area (Å²) in [6.45, 7) is 2.94. The number of guanidine groups is 1. The van der Waals surface area contributed by atoms with E-state index < -0.39 is 0 Å². The normalized spacial score (nSPS) is 11.3. The van der Waals surface area contributed by atoms with Gasteiger partial charge in [-0.15, -0.1) is 0 Å². The van der Waals surface area contributed by atoms with Gasteiger partial charge in [0.15, 0.2) is 0 Å². The van der Waals surface area contributed by atoms with Gasteiger partial charge in [0.05, 0.1) is 21.1 Å². The Morgan fingerprint density at radius 3 is 1.90 bits per heavy atom. The van der Waals surface area contributed by atoms with E-state index in [1.165, 1.54) is 0 Å². The van der Waals surface area contributed by atoms with Gasteiger partial charge in [0.1, 0.15) is 0 Å². The van der Waals surface area contributed by atoms with Crippen molar-refractivity contribution in [3.63, 3.8) is 0 Å². The van der Waals surface area contributed by atoms with Crippen LogP contribution in [-0.4, -0.2) is 50.1 Å². The third-order valence-corrected chi connectivity index (χ3v) is 1.47. The van der Waals surface area contributed by atoms with Crippen LogP contribution in [0, 0.1) is 5.41 Å². The van der Waals surface area contributed by atoms with Crippen LogP contribution in [0.2, 0.25) is 0 Å². The van der Waals surface area contributed by atoms with Crippen LogP contribution in [0.3, 0.4) is 0 Å². The van der Waals surface area contributed by atoms with E-state index >= 15 is 0 Å². The molecule has 0 unspecified atom stereocenters.